The second-order valence-corrected chi connectivity index (χ2v) is 6.24. The smallest absolute Gasteiger partial charge is 0.229 e. The molecule has 0 unspecified atom stereocenters. The highest BCUT2D eigenvalue weighted by Gasteiger charge is 2.07. The Hall–Kier alpha value is -3.67. The molecule has 0 radical (unpaired) electrons. The molecule has 3 heterocycles. The maximum atomic E-state index is 12.3. The molecular formula is C21H19N5O. The molecule has 1 aromatic carbocycles. The summed E-state index contributed by atoms with van der Waals surface area (Å²) in [5.41, 5.74) is 3.13. The standard InChI is InChI=1S/C21H19N5O/c27-21(15-17-3-5-19(6-4-17)25-12-1-2-13-25)23-20-9-14-26(24-20)16-18-7-10-22-11-8-18/h1-14H,15-16H2,(H,23,24,27). The van der Waals surface area contributed by atoms with Gasteiger partial charge in [-0.15, -0.1) is 0 Å². The zero-order chi connectivity index (χ0) is 18.5. The summed E-state index contributed by atoms with van der Waals surface area (Å²) < 4.78 is 3.82. The van der Waals surface area contributed by atoms with Crippen molar-refractivity contribution in [3.8, 4) is 5.69 Å². The van der Waals surface area contributed by atoms with E-state index in [1.54, 1.807) is 23.1 Å². The monoisotopic (exact) mass is 357 g/mol. The van der Waals surface area contributed by atoms with Crippen LogP contribution in [-0.2, 0) is 17.8 Å². The van der Waals surface area contributed by atoms with E-state index >= 15 is 0 Å². The van der Waals surface area contributed by atoms with Gasteiger partial charge in [-0.1, -0.05) is 12.1 Å². The first-order chi connectivity index (χ1) is 13.3. The van der Waals surface area contributed by atoms with Crippen molar-refractivity contribution >= 4 is 11.7 Å². The Morgan fingerprint density at radius 1 is 0.889 bits per heavy atom. The quantitative estimate of drug-likeness (QED) is 0.576. The summed E-state index contributed by atoms with van der Waals surface area (Å²) in [7, 11) is 0. The molecule has 27 heavy (non-hydrogen) atoms. The summed E-state index contributed by atoms with van der Waals surface area (Å²) >= 11 is 0. The van der Waals surface area contributed by atoms with Crippen molar-refractivity contribution in [2.75, 3.05) is 5.32 Å². The van der Waals surface area contributed by atoms with Crippen LogP contribution in [0.4, 0.5) is 5.82 Å². The predicted octanol–water partition coefficient (Wildman–Crippen LogP) is 3.30. The first-order valence-corrected chi connectivity index (χ1v) is 8.71. The topological polar surface area (TPSA) is 64.7 Å². The Kier molecular flexibility index (Phi) is 4.78. The van der Waals surface area contributed by atoms with Gasteiger partial charge in [-0.05, 0) is 47.5 Å². The van der Waals surface area contributed by atoms with E-state index in [0.29, 0.717) is 18.8 Å². The molecule has 0 spiro atoms. The highest BCUT2D eigenvalue weighted by atomic mass is 16.1. The van der Waals surface area contributed by atoms with Gasteiger partial charge in [0.2, 0.25) is 5.91 Å². The number of pyridine rings is 1. The lowest BCUT2D eigenvalue weighted by molar-refractivity contribution is -0.115. The third-order valence-electron chi connectivity index (χ3n) is 4.21. The van der Waals surface area contributed by atoms with E-state index in [9.17, 15) is 4.79 Å². The summed E-state index contributed by atoms with van der Waals surface area (Å²) in [6.07, 6.45) is 9.64. The fraction of sp³-hybridized carbons (Fsp3) is 0.0952. The van der Waals surface area contributed by atoms with E-state index in [2.05, 4.69) is 15.4 Å². The van der Waals surface area contributed by atoms with Crippen LogP contribution in [0, 0.1) is 0 Å². The van der Waals surface area contributed by atoms with Crippen molar-refractivity contribution in [2.24, 2.45) is 0 Å². The van der Waals surface area contributed by atoms with Gasteiger partial charge in [0, 0.05) is 42.7 Å². The summed E-state index contributed by atoms with van der Waals surface area (Å²) in [5.74, 6) is 0.468. The lowest BCUT2D eigenvalue weighted by Gasteiger charge is -2.06. The number of carbonyl (C=O) groups excluding carboxylic acids is 1. The van der Waals surface area contributed by atoms with E-state index in [4.69, 9.17) is 0 Å². The van der Waals surface area contributed by atoms with Gasteiger partial charge in [0.05, 0.1) is 13.0 Å². The zero-order valence-corrected chi connectivity index (χ0v) is 14.7. The van der Waals surface area contributed by atoms with Crippen molar-refractivity contribution in [1.82, 2.24) is 19.3 Å². The van der Waals surface area contributed by atoms with Crippen molar-refractivity contribution < 1.29 is 4.79 Å². The van der Waals surface area contributed by atoms with Gasteiger partial charge >= 0.3 is 0 Å². The highest BCUT2D eigenvalue weighted by Crippen LogP contribution is 2.12. The number of anilines is 1. The van der Waals surface area contributed by atoms with Crippen molar-refractivity contribution in [2.45, 2.75) is 13.0 Å². The third kappa shape index (κ3) is 4.30. The van der Waals surface area contributed by atoms with Crippen molar-refractivity contribution in [3.05, 3.63) is 96.7 Å². The molecule has 0 atom stereocenters. The van der Waals surface area contributed by atoms with Gasteiger partial charge in [-0.3, -0.25) is 14.5 Å². The minimum absolute atomic E-state index is 0.0853. The number of carbonyl (C=O) groups is 1. The maximum Gasteiger partial charge on any atom is 0.229 e. The fourth-order valence-corrected chi connectivity index (χ4v) is 2.86. The van der Waals surface area contributed by atoms with Gasteiger partial charge in [0.1, 0.15) is 0 Å². The normalized spacial score (nSPS) is 10.7. The SMILES string of the molecule is O=C(Cc1ccc(-n2cccc2)cc1)Nc1ccn(Cc2ccncc2)n1. The summed E-state index contributed by atoms with van der Waals surface area (Å²) in [4.78, 5) is 16.3. The number of nitrogens with zero attached hydrogens (tertiary/aromatic N) is 4. The maximum absolute atomic E-state index is 12.3. The van der Waals surface area contributed by atoms with E-state index < -0.39 is 0 Å². The van der Waals surface area contributed by atoms with E-state index in [0.717, 1.165) is 16.8 Å². The lowest BCUT2D eigenvalue weighted by atomic mass is 10.1. The van der Waals surface area contributed by atoms with Crippen LogP contribution in [0.1, 0.15) is 11.1 Å². The molecule has 0 bridgehead atoms. The summed E-state index contributed by atoms with van der Waals surface area (Å²) in [6, 6.07) is 17.6. The molecule has 0 aliphatic carbocycles. The van der Waals surface area contributed by atoms with E-state index in [1.165, 1.54) is 0 Å². The summed E-state index contributed by atoms with van der Waals surface area (Å²) in [5, 5.41) is 7.25. The Bertz CT molecular complexity index is 1000. The molecule has 0 aliphatic rings. The molecule has 6 heteroatoms. The van der Waals surface area contributed by atoms with Crippen LogP contribution >= 0.6 is 0 Å². The van der Waals surface area contributed by atoms with Crippen LogP contribution in [0.3, 0.4) is 0 Å². The number of amides is 1. The van der Waals surface area contributed by atoms with Crippen LogP contribution in [0.2, 0.25) is 0 Å². The largest absolute Gasteiger partial charge is 0.324 e. The summed E-state index contributed by atoms with van der Waals surface area (Å²) in [6.45, 7) is 0.638. The zero-order valence-electron chi connectivity index (χ0n) is 14.7. The van der Waals surface area contributed by atoms with Gasteiger partial charge in [-0.25, -0.2) is 0 Å². The first kappa shape index (κ1) is 16.8. The molecule has 0 saturated heterocycles. The minimum atomic E-state index is -0.0853. The second-order valence-electron chi connectivity index (χ2n) is 6.24. The molecule has 0 saturated carbocycles. The number of nitrogens with one attached hydrogen (secondary N) is 1. The van der Waals surface area contributed by atoms with Gasteiger partial charge in [0.25, 0.3) is 0 Å². The van der Waals surface area contributed by atoms with Gasteiger partial charge in [-0.2, -0.15) is 5.10 Å². The van der Waals surface area contributed by atoms with Gasteiger partial charge in [0.15, 0.2) is 5.82 Å². The Morgan fingerprint density at radius 2 is 1.63 bits per heavy atom. The first-order valence-electron chi connectivity index (χ1n) is 8.71. The third-order valence-corrected chi connectivity index (χ3v) is 4.21. The van der Waals surface area contributed by atoms with Crippen LogP contribution in [0.25, 0.3) is 5.69 Å². The van der Waals surface area contributed by atoms with Crippen LogP contribution < -0.4 is 5.32 Å². The average molecular weight is 357 g/mol. The van der Waals surface area contributed by atoms with Crippen LogP contribution in [0.15, 0.2) is 85.6 Å². The molecule has 0 fully saturated rings. The number of hydrogen-bond acceptors (Lipinski definition) is 3. The average Bonchev–Trinajstić information content (AvgIpc) is 3.36. The Balaban J connectivity index is 1.34. The van der Waals surface area contributed by atoms with Crippen molar-refractivity contribution in [3.63, 3.8) is 0 Å². The second kappa shape index (κ2) is 7.70. The number of rotatable bonds is 6. The lowest BCUT2D eigenvalue weighted by Crippen LogP contribution is -2.15. The minimum Gasteiger partial charge on any atom is -0.324 e. The highest BCUT2D eigenvalue weighted by molar-refractivity contribution is 5.91. The molecule has 1 N–H and O–H groups in total. The predicted molar refractivity (Wildman–Crippen MR) is 104 cm³/mol. The molecular weight excluding hydrogens is 338 g/mol. The number of aromatic nitrogens is 4. The molecule has 4 rings (SSSR count). The molecule has 3 aromatic heterocycles. The number of hydrogen-bond donors (Lipinski definition) is 1. The fourth-order valence-electron chi connectivity index (χ4n) is 2.86. The Morgan fingerprint density at radius 3 is 2.37 bits per heavy atom. The molecule has 1 amide bonds. The molecule has 6 nitrogen and oxygen atoms in total. The van der Waals surface area contributed by atoms with Crippen molar-refractivity contribution in [1.29, 1.82) is 0 Å². The van der Waals surface area contributed by atoms with E-state index in [1.807, 2.05) is 71.7 Å². The van der Waals surface area contributed by atoms with Crippen LogP contribution in [-0.4, -0.2) is 25.2 Å². The molecule has 0 aliphatic heterocycles. The molecule has 134 valence electrons. The Labute approximate surface area is 157 Å². The van der Waals surface area contributed by atoms with Gasteiger partial charge < -0.3 is 9.88 Å². The molecule has 4 aromatic rings. The number of benzene rings is 1. The van der Waals surface area contributed by atoms with Crippen LogP contribution in [0.5, 0.6) is 0 Å². The van der Waals surface area contributed by atoms with E-state index in [-0.39, 0.29) is 5.91 Å².